The molecule has 0 saturated heterocycles. The van der Waals surface area contributed by atoms with Crippen molar-refractivity contribution < 1.29 is 0 Å². The van der Waals surface area contributed by atoms with Gasteiger partial charge in [-0.05, 0) is 74.2 Å². The van der Waals surface area contributed by atoms with Crippen LogP contribution in [-0.4, -0.2) is 35.5 Å². The number of imidazole rings is 2. The highest BCUT2D eigenvalue weighted by atomic mass is 15.2. The molecule has 4 heterocycles. The van der Waals surface area contributed by atoms with Gasteiger partial charge in [-0.15, -0.1) is 0 Å². The minimum Gasteiger partial charge on any atom is -0.324 e. The van der Waals surface area contributed by atoms with Gasteiger partial charge < -0.3 is 4.98 Å². The maximum atomic E-state index is 5.31. The number of hydrogen-bond donors (Lipinski definition) is 1. The van der Waals surface area contributed by atoms with E-state index in [4.69, 9.17) is 29.9 Å². The number of H-pyrrole nitrogens is 1. The number of rotatable bonds is 4. The number of para-hydroxylation sites is 2. The van der Waals surface area contributed by atoms with Crippen LogP contribution in [0, 0.1) is 13.8 Å². The number of nitrogens with one attached hydrogen (secondary N) is 1. The molecule has 7 aromatic rings. The van der Waals surface area contributed by atoms with Gasteiger partial charge >= 0.3 is 0 Å². The summed E-state index contributed by atoms with van der Waals surface area (Å²) >= 11 is 0. The fraction of sp³-hybridized carbons (Fsp3) is 0.116. The first-order valence-electron chi connectivity index (χ1n) is 17.4. The normalized spacial score (nSPS) is 13.8. The third-order valence-corrected chi connectivity index (χ3v) is 9.98. The van der Waals surface area contributed by atoms with Crippen molar-refractivity contribution in [3.05, 3.63) is 155 Å². The Labute approximate surface area is 300 Å². The van der Waals surface area contributed by atoms with Crippen LogP contribution in [0.1, 0.15) is 31.4 Å². The standard InChI is InChI=1S/C43H35N9/c1-26-27(2)35-25-34(26)44-42-49-40(36(30-17-9-5-10-18-30)51(42)32-21-13-7-14-22-32)47-38-28(3)29(4)39(46-38)48-41-37(31-19-11-6-12-20-31)52(43(45-35)50-41)33-23-15-8-16-24-33/h5-24H,25H2,1-4H3,(H,46,47,48). The van der Waals surface area contributed by atoms with Crippen LogP contribution in [0.25, 0.3) is 33.9 Å². The molecular weight excluding hydrogens is 643 g/mol. The number of aromatic amines is 1. The van der Waals surface area contributed by atoms with E-state index in [0.717, 1.165) is 67.6 Å². The topological polar surface area (TPSA) is 101 Å². The van der Waals surface area contributed by atoms with E-state index in [1.165, 1.54) is 0 Å². The molecule has 0 amide bonds. The molecule has 2 aliphatic rings. The maximum absolute atomic E-state index is 5.31. The Morgan fingerprint density at radius 2 is 0.827 bits per heavy atom. The second-order valence-corrected chi connectivity index (χ2v) is 13.1. The molecule has 0 spiro atoms. The van der Waals surface area contributed by atoms with Crippen LogP contribution in [0.2, 0.25) is 0 Å². The number of nitrogens with zero attached hydrogens (tertiary/aromatic N) is 8. The highest BCUT2D eigenvalue weighted by molar-refractivity contribution is 6.26. The lowest BCUT2D eigenvalue weighted by molar-refractivity contribution is 1.04. The van der Waals surface area contributed by atoms with Crippen LogP contribution in [0.15, 0.2) is 152 Å². The maximum Gasteiger partial charge on any atom is 0.237 e. The third-order valence-electron chi connectivity index (χ3n) is 9.98. The molecule has 4 aromatic carbocycles. The van der Waals surface area contributed by atoms with Crippen molar-refractivity contribution >= 4 is 35.0 Å². The molecule has 0 radical (unpaired) electrons. The van der Waals surface area contributed by atoms with Crippen LogP contribution in [0.3, 0.4) is 0 Å². The van der Waals surface area contributed by atoms with Gasteiger partial charge in [0.1, 0.15) is 22.4 Å². The summed E-state index contributed by atoms with van der Waals surface area (Å²) in [4.78, 5) is 35.0. The highest BCUT2D eigenvalue weighted by Gasteiger charge is 2.27. The van der Waals surface area contributed by atoms with Crippen LogP contribution in [0.4, 0.5) is 23.5 Å². The summed E-state index contributed by atoms with van der Waals surface area (Å²) in [5.74, 6) is 2.21. The van der Waals surface area contributed by atoms with E-state index in [1.54, 1.807) is 0 Å². The Morgan fingerprint density at radius 1 is 0.462 bits per heavy atom. The van der Waals surface area contributed by atoms with Gasteiger partial charge in [0.05, 0.1) is 11.4 Å². The van der Waals surface area contributed by atoms with E-state index in [-0.39, 0.29) is 0 Å². The first-order valence-corrected chi connectivity index (χ1v) is 17.4. The Bertz CT molecular complexity index is 2530. The second-order valence-electron chi connectivity index (χ2n) is 13.1. The van der Waals surface area contributed by atoms with Crippen molar-refractivity contribution in [2.24, 2.45) is 20.0 Å². The predicted octanol–water partition coefficient (Wildman–Crippen LogP) is 9.14. The summed E-state index contributed by atoms with van der Waals surface area (Å²) < 4.78 is 4.21. The van der Waals surface area contributed by atoms with Crippen molar-refractivity contribution in [1.29, 1.82) is 0 Å². The molecule has 9 nitrogen and oxygen atoms in total. The number of benzene rings is 4. The van der Waals surface area contributed by atoms with Crippen LogP contribution >= 0.6 is 0 Å². The minimum atomic E-state index is 0.525. The summed E-state index contributed by atoms with van der Waals surface area (Å²) in [5, 5.41) is 0. The first kappa shape index (κ1) is 31.3. The zero-order valence-electron chi connectivity index (χ0n) is 29.3. The zero-order valence-corrected chi connectivity index (χ0v) is 29.3. The molecule has 0 unspecified atom stereocenters. The van der Waals surface area contributed by atoms with E-state index < -0.39 is 0 Å². The van der Waals surface area contributed by atoms with Gasteiger partial charge in [0.2, 0.25) is 11.9 Å². The Kier molecular flexibility index (Phi) is 7.54. The monoisotopic (exact) mass is 677 g/mol. The van der Waals surface area contributed by atoms with Gasteiger partial charge in [-0.25, -0.2) is 20.0 Å². The van der Waals surface area contributed by atoms with Gasteiger partial charge in [0.15, 0.2) is 11.6 Å². The van der Waals surface area contributed by atoms with Crippen molar-refractivity contribution in [2.45, 2.75) is 34.1 Å². The largest absolute Gasteiger partial charge is 0.324 e. The molecule has 1 aliphatic carbocycles. The number of allylic oxidation sites excluding steroid dienone is 2. The molecule has 1 aliphatic heterocycles. The van der Waals surface area contributed by atoms with Gasteiger partial charge in [-0.1, -0.05) is 97.1 Å². The molecule has 0 atom stereocenters. The van der Waals surface area contributed by atoms with Crippen LogP contribution in [-0.2, 0) is 0 Å². The highest BCUT2D eigenvalue weighted by Crippen LogP contribution is 2.40. The van der Waals surface area contributed by atoms with Crippen LogP contribution < -0.4 is 11.0 Å². The Balaban J connectivity index is 1.41. The third kappa shape index (κ3) is 5.25. The fourth-order valence-corrected chi connectivity index (χ4v) is 6.89. The molecule has 1 N–H and O–H groups in total. The van der Waals surface area contributed by atoms with Gasteiger partial charge in [0.25, 0.3) is 0 Å². The van der Waals surface area contributed by atoms with Gasteiger partial charge in [-0.2, -0.15) is 9.97 Å². The molecule has 9 rings (SSSR count). The molecule has 52 heavy (non-hydrogen) atoms. The average molecular weight is 678 g/mol. The number of aromatic nitrogens is 5. The molecule has 8 bridgehead atoms. The average Bonchev–Trinajstić information content (AvgIpc) is 3.88. The van der Waals surface area contributed by atoms with E-state index in [1.807, 2.05) is 72.8 Å². The van der Waals surface area contributed by atoms with E-state index >= 15 is 0 Å². The second kappa shape index (κ2) is 12.5. The van der Waals surface area contributed by atoms with E-state index in [2.05, 4.69) is 90.3 Å². The van der Waals surface area contributed by atoms with E-state index in [0.29, 0.717) is 40.9 Å². The Hall–Kier alpha value is -6.74. The molecule has 252 valence electrons. The number of fused-ring (bicyclic) bond motifs is 8. The number of aliphatic imine (C=N–C) groups is 2. The summed E-state index contributed by atoms with van der Waals surface area (Å²) in [6, 6.07) is 41.0. The summed E-state index contributed by atoms with van der Waals surface area (Å²) in [6.07, 6.45) is 0.525. The summed E-state index contributed by atoms with van der Waals surface area (Å²) in [5.41, 5.74) is 12.8. The molecular formula is C43H35N9. The summed E-state index contributed by atoms with van der Waals surface area (Å²) in [6.45, 7) is 8.33. The predicted molar refractivity (Wildman–Crippen MR) is 207 cm³/mol. The lowest BCUT2D eigenvalue weighted by atomic mass is 10.1. The molecule has 0 fully saturated rings. The molecule has 9 heteroatoms. The lowest BCUT2D eigenvalue weighted by Gasteiger charge is -2.11. The minimum absolute atomic E-state index is 0.525. The van der Waals surface area contributed by atoms with E-state index in [9.17, 15) is 0 Å². The van der Waals surface area contributed by atoms with Crippen LogP contribution in [0.5, 0.6) is 0 Å². The number of hydrogen-bond acceptors (Lipinski definition) is 6. The first-order chi connectivity index (χ1) is 25.4. The quantitative estimate of drug-likeness (QED) is 0.201. The van der Waals surface area contributed by atoms with Crippen molar-refractivity contribution in [3.8, 4) is 33.9 Å². The Morgan fingerprint density at radius 3 is 1.21 bits per heavy atom. The van der Waals surface area contributed by atoms with Crippen molar-refractivity contribution in [3.63, 3.8) is 0 Å². The van der Waals surface area contributed by atoms with Crippen molar-refractivity contribution in [2.75, 3.05) is 0 Å². The smallest absolute Gasteiger partial charge is 0.237 e. The van der Waals surface area contributed by atoms with Gasteiger partial charge in [0, 0.05) is 28.9 Å². The summed E-state index contributed by atoms with van der Waals surface area (Å²) in [7, 11) is 0. The lowest BCUT2D eigenvalue weighted by Crippen LogP contribution is -2.11. The zero-order chi connectivity index (χ0) is 35.3. The van der Waals surface area contributed by atoms with Gasteiger partial charge in [-0.3, -0.25) is 9.13 Å². The fourth-order valence-electron chi connectivity index (χ4n) is 6.89. The van der Waals surface area contributed by atoms with Crippen molar-refractivity contribution in [1.82, 2.24) is 24.1 Å². The molecule has 0 saturated carbocycles. The molecule has 3 aromatic heterocycles. The SMILES string of the molecule is CC1=C(C)C2=Nc3nc(c(-c4ccccc4)n3-c3ccccc3)N=c3[nH]c(c(C)c3C)=Nc3nc(n(-c4ccccc4)c3-c3ccccc3)N=C1C2.